The van der Waals surface area contributed by atoms with E-state index in [9.17, 15) is 9.59 Å². The molecule has 0 unspecified atom stereocenters. The van der Waals surface area contributed by atoms with Crippen molar-refractivity contribution in [1.82, 2.24) is 14.3 Å². The van der Waals surface area contributed by atoms with E-state index in [4.69, 9.17) is 4.74 Å². The Hall–Kier alpha value is -4.26. The van der Waals surface area contributed by atoms with Gasteiger partial charge in [-0.3, -0.25) is 14.5 Å². The zero-order valence-electron chi connectivity index (χ0n) is 17.1. The van der Waals surface area contributed by atoms with Crippen LogP contribution in [-0.2, 0) is 7.05 Å². The van der Waals surface area contributed by atoms with Gasteiger partial charge in [0, 0.05) is 31.2 Å². The van der Waals surface area contributed by atoms with E-state index in [1.165, 1.54) is 18.6 Å². The molecule has 0 amide bonds. The summed E-state index contributed by atoms with van der Waals surface area (Å²) in [6.07, 6.45) is 4.59. The first-order valence-corrected chi connectivity index (χ1v) is 9.65. The SMILES string of the molecule is Cc1c(N=Cc2ccccc2OC(=O)c2ccncc2)c(=O)n(-c2ccccc2)n1C. The van der Waals surface area contributed by atoms with Gasteiger partial charge in [-0.25, -0.2) is 14.5 Å². The van der Waals surface area contributed by atoms with E-state index in [0.29, 0.717) is 22.6 Å². The number of carbonyl (C=O) groups is 1. The summed E-state index contributed by atoms with van der Waals surface area (Å²) in [6.45, 7) is 1.84. The number of ether oxygens (including phenoxy) is 1. The molecule has 0 radical (unpaired) electrons. The molecule has 2 aromatic carbocycles. The van der Waals surface area contributed by atoms with Crippen molar-refractivity contribution in [3.8, 4) is 11.4 Å². The van der Waals surface area contributed by atoms with E-state index in [1.807, 2.05) is 50.4 Å². The van der Waals surface area contributed by atoms with Gasteiger partial charge in [0.15, 0.2) is 5.69 Å². The van der Waals surface area contributed by atoms with Crippen LogP contribution in [0.5, 0.6) is 5.75 Å². The molecule has 0 bridgehead atoms. The third-order valence-electron chi connectivity index (χ3n) is 4.89. The average molecular weight is 412 g/mol. The van der Waals surface area contributed by atoms with Crippen LogP contribution < -0.4 is 10.3 Å². The summed E-state index contributed by atoms with van der Waals surface area (Å²) in [6, 6.07) is 19.6. The minimum Gasteiger partial charge on any atom is -0.422 e. The molecule has 0 aliphatic heterocycles. The summed E-state index contributed by atoms with van der Waals surface area (Å²) < 4.78 is 8.86. The molecule has 4 rings (SSSR count). The Balaban J connectivity index is 1.66. The molecule has 7 heteroatoms. The van der Waals surface area contributed by atoms with Gasteiger partial charge in [0.05, 0.1) is 16.9 Å². The molecule has 0 N–H and O–H groups in total. The second-order valence-corrected chi connectivity index (χ2v) is 6.83. The second kappa shape index (κ2) is 8.62. The molecule has 0 saturated carbocycles. The van der Waals surface area contributed by atoms with Crippen LogP contribution in [-0.4, -0.2) is 26.5 Å². The zero-order valence-corrected chi connectivity index (χ0v) is 17.1. The van der Waals surface area contributed by atoms with Crippen LogP contribution in [0.1, 0.15) is 21.6 Å². The Labute approximate surface area is 178 Å². The highest BCUT2D eigenvalue weighted by Crippen LogP contribution is 2.20. The lowest BCUT2D eigenvalue weighted by Gasteiger charge is -2.07. The lowest BCUT2D eigenvalue weighted by molar-refractivity contribution is 0.0734. The number of esters is 1. The van der Waals surface area contributed by atoms with Gasteiger partial charge in [0.2, 0.25) is 0 Å². The second-order valence-electron chi connectivity index (χ2n) is 6.83. The Morgan fingerprint density at radius 1 is 1.00 bits per heavy atom. The highest BCUT2D eigenvalue weighted by atomic mass is 16.5. The number of aromatic nitrogens is 3. The fourth-order valence-corrected chi connectivity index (χ4v) is 3.16. The van der Waals surface area contributed by atoms with Gasteiger partial charge in [-0.2, -0.15) is 0 Å². The lowest BCUT2D eigenvalue weighted by atomic mass is 10.2. The van der Waals surface area contributed by atoms with Gasteiger partial charge < -0.3 is 4.74 Å². The van der Waals surface area contributed by atoms with Crippen molar-refractivity contribution in [2.45, 2.75) is 6.92 Å². The van der Waals surface area contributed by atoms with E-state index in [1.54, 1.807) is 39.7 Å². The molecule has 0 saturated heterocycles. The van der Waals surface area contributed by atoms with Crippen molar-refractivity contribution in [3.63, 3.8) is 0 Å². The van der Waals surface area contributed by atoms with Crippen molar-refractivity contribution >= 4 is 17.9 Å². The maximum Gasteiger partial charge on any atom is 0.343 e. The summed E-state index contributed by atoms with van der Waals surface area (Å²) in [5, 5.41) is 0. The van der Waals surface area contributed by atoms with E-state index in [2.05, 4.69) is 9.98 Å². The van der Waals surface area contributed by atoms with E-state index in [-0.39, 0.29) is 5.56 Å². The standard InChI is InChI=1S/C24H20N4O3/c1-17-22(23(29)28(27(17)2)20-9-4-3-5-10-20)26-16-19-8-6-7-11-21(19)31-24(30)18-12-14-25-15-13-18/h3-16H,1-2H3. The summed E-state index contributed by atoms with van der Waals surface area (Å²) in [7, 11) is 1.81. The number of benzene rings is 2. The van der Waals surface area contributed by atoms with Crippen LogP contribution >= 0.6 is 0 Å². The molecule has 0 aliphatic rings. The van der Waals surface area contributed by atoms with Crippen LogP contribution in [0.2, 0.25) is 0 Å². The summed E-state index contributed by atoms with van der Waals surface area (Å²) >= 11 is 0. The van der Waals surface area contributed by atoms with E-state index < -0.39 is 5.97 Å². The van der Waals surface area contributed by atoms with Crippen LogP contribution in [0.4, 0.5) is 5.69 Å². The molecule has 2 heterocycles. The summed E-state index contributed by atoms with van der Waals surface area (Å²) in [5.74, 6) is -0.143. The number of hydrogen-bond donors (Lipinski definition) is 0. The third-order valence-corrected chi connectivity index (χ3v) is 4.89. The van der Waals surface area contributed by atoms with Gasteiger partial charge in [-0.1, -0.05) is 30.3 Å². The normalized spacial score (nSPS) is 11.0. The predicted molar refractivity (Wildman–Crippen MR) is 119 cm³/mol. The van der Waals surface area contributed by atoms with Crippen molar-refractivity contribution in [1.29, 1.82) is 0 Å². The van der Waals surface area contributed by atoms with E-state index in [0.717, 1.165) is 11.4 Å². The van der Waals surface area contributed by atoms with Crippen LogP contribution in [0, 0.1) is 6.92 Å². The van der Waals surface area contributed by atoms with Crippen LogP contribution in [0.25, 0.3) is 5.69 Å². The lowest BCUT2D eigenvalue weighted by Crippen LogP contribution is -2.19. The van der Waals surface area contributed by atoms with Crippen molar-refractivity contribution in [2.24, 2.45) is 12.0 Å². The highest BCUT2D eigenvalue weighted by molar-refractivity contribution is 5.93. The van der Waals surface area contributed by atoms with Gasteiger partial charge in [0.1, 0.15) is 5.75 Å². The number of hydrogen-bond acceptors (Lipinski definition) is 5. The first-order valence-electron chi connectivity index (χ1n) is 9.65. The molecule has 31 heavy (non-hydrogen) atoms. The Bertz CT molecular complexity index is 1310. The number of nitrogens with zero attached hydrogens (tertiary/aromatic N) is 4. The molecule has 0 spiro atoms. The number of carbonyl (C=O) groups excluding carboxylic acids is 1. The quantitative estimate of drug-likeness (QED) is 0.283. The maximum atomic E-state index is 13.0. The largest absolute Gasteiger partial charge is 0.422 e. The van der Waals surface area contributed by atoms with Gasteiger partial charge in [-0.05, 0) is 43.3 Å². The third kappa shape index (κ3) is 4.06. The maximum absolute atomic E-state index is 13.0. The Morgan fingerprint density at radius 3 is 2.42 bits per heavy atom. The zero-order chi connectivity index (χ0) is 21.8. The van der Waals surface area contributed by atoms with Crippen LogP contribution in [0.3, 0.4) is 0 Å². The molecule has 7 nitrogen and oxygen atoms in total. The minimum atomic E-state index is -0.495. The number of rotatable bonds is 5. The molecular formula is C24H20N4O3. The molecule has 0 atom stereocenters. The summed E-state index contributed by atoms with van der Waals surface area (Å²) in [4.78, 5) is 33.8. The van der Waals surface area contributed by atoms with E-state index >= 15 is 0 Å². The van der Waals surface area contributed by atoms with Gasteiger partial charge >= 0.3 is 5.97 Å². The number of aliphatic imine (C=N–C) groups is 1. The molecule has 2 aromatic heterocycles. The molecule has 0 aliphatic carbocycles. The topological polar surface area (TPSA) is 78.5 Å². The van der Waals surface area contributed by atoms with Crippen molar-refractivity contribution in [2.75, 3.05) is 0 Å². The van der Waals surface area contributed by atoms with Gasteiger partial charge in [0.25, 0.3) is 5.56 Å². The summed E-state index contributed by atoms with van der Waals surface area (Å²) in [5.41, 5.74) is 2.54. The Kier molecular flexibility index (Phi) is 5.57. The number of pyridine rings is 1. The average Bonchev–Trinajstić information content (AvgIpc) is 3.02. The predicted octanol–water partition coefficient (Wildman–Crippen LogP) is 3.85. The first-order chi connectivity index (χ1) is 15.1. The fourth-order valence-electron chi connectivity index (χ4n) is 3.16. The molecule has 4 aromatic rings. The molecule has 154 valence electrons. The molecular weight excluding hydrogens is 392 g/mol. The monoisotopic (exact) mass is 412 g/mol. The Morgan fingerprint density at radius 2 is 1.68 bits per heavy atom. The van der Waals surface area contributed by atoms with Crippen LogP contribution in [0.15, 0.2) is 88.9 Å². The van der Waals surface area contributed by atoms with Gasteiger partial charge in [-0.15, -0.1) is 0 Å². The first kappa shape index (κ1) is 20.0. The number of para-hydroxylation sites is 2. The minimum absolute atomic E-state index is 0.228. The molecule has 0 fully saturated rings. The van der Waals surface area contributed by atoms with Crippen molar-refractivity contribution < 1.29 is 9.53 Å². The smallest absolute Gasteiger partial charge is 0.343 e. The van der Waals surface area contributed by atoms with Crippen molar-refractivity contribution in [3.05, 3.63) is 106 Å². The fraction of sp³-hybridized carbons (Fsp3) is 0.0833. The highest BCUT2D eigenvalue weighted by Gasteiger charge is 2.16.